The third-order valence-electron chi connectivity index (χ3n) is 0.550. The van der Waals surface area contributed by atoms with Crippen LogP contribution in [0.4, 0.5) is 4.79 Å². The van der Waals surface area contributed by atoms with E-state index in [2.05, 4.69) is 15.8 Å². The summed E-state index contributed by atoms with van der Waals surface area (Å²) in [5.74, 6) is -0.668. The Morgan fingerprint density at radius 2 is 2.22 bits per heavy atom. The van der Waals surface area contributed by atoms with E-state index in [1.807, 2.05) is 0 Å². The molecule has 0 rings (SSSR count). The van der Waals surface area contributed by atoms with Gasteiger partial charge in [0.2, 0.25) is 0 Å². The van der Waals surface area contributed by atoms with Crippen LogP contribution in [-0.4, -0.2) is 25.7 Å². The SMILES string of the molecule is CNC(=O)OCC(N)=O. The van der Waals surface area contributed by atoms with E-state index in [1.165, 1.54) is 7.05 Å². The van der Waals surface area contributed by atoms with E-state index in [9.17, 15) is 9.59 Å². The molecule has 5 heteroatoms. The number of primary amides is 1. The van der Waals surface area contributed by atoms with Crippen LogP contribution in [0.1, 0.15) is 0 Å². The molecule has 0 unspecified atom stereocenters. The molecule has 0 aromatic heterocycles. The van der Waals surface area contributed by atoms with Gasteiger partial charge < -0.3 is 15.8 Å². The quantitative estimate of drug-likeness (QED) is 0.496. The zero-order valence-electron chi connectivity index (χ0n) is 5.01. The van der Waals surface area contributed by atoms with Crippen molar-refractivity contribution in [3.8, 4) is 0 Å². The topological polar surface area (TPSA) is 81.4 Å². The lowest BCUT2D eigenvalue weighted by molar-refractivity contribution is -0.120. The Hall–Kier alpha value is -1.26. The fraction of sp³-hybridized carbons (Fsp3) is 0.500. The van der Waals surface area contributed by atoms with Gasteiger partial charge in [-0.3, -0.25) is 4.79 Å². The number of hydrogen-bond donors (Lipinski definition) is 2. The second-order valence-electron chi connectivity index (χ2n) is 1.29. The van der Waals surface area contributed by atoms with Gasteiger partial charge >= 0.3 is 6.09 Å². The van der Waals surface area contributed by atoms with Gasteiger partial charge in [0.15, 0.2) is 6.61 Å². The summed E-state index contributed by atoms with van der Waals surface area (Å²) in [4.78, 5) is 20.1. The molecule has 0 aromatic rings. The highest BCUT2D eigenvalue weighted by Crippen LogP contribution is 1.72. The molecule has 0 spiro atoms. The smallest absolute Gasteiger partial charge is 0.407 e. The number of nitrogens with one attached hydrogen (secondary N) is 1. The summed E-state index contributed by atoms with van der Waals surface area (Å²) in [6, 6.07) is 0. The monoisotopic (exact) mass is 132 g/mol. The maximum atomic E-state index is 10.2. The van der Waals surface area contributed by atoms with Crippen molar-refractivity contribution in [2.45, 2.75) is 0 Å². The molecular formula is C4H8N2O3. The second kappa shape index (κ2) is 3.71. The zero-order chi connectivity index (χ0) is 7.28. The highest BCUT2D eigenvalue weighted by atomic mass is 16.6. The van der Waals surface area contributed by atoms with E-state index >= 15 is 0 Å². The van der Waals surface area contributed by atoms with Crippen molar-refractivity contribution in [2.75, 3.05) is 13.7 Å². The zero-order valence-corrected chi connectivity index (χ0v) is 5.01. The Morgan fingerprint density at radius 3 is 2.56 bits per heavy atom. The van der Waals surface area contributed by atoms with Crippen LogP contribution in [0.2, 0.25) is 0 Å². The maximum absolute atomic E-state index is 10.2. The van der Waals surface area contributed by atoms with Crippen molar-refractivity contribution >= 4 is 12.0 Å². The molecule has 9 heavy (non-hydrogen) atoms. The molecule has 5 nitrogen and oxygen atoms in total. The number of carbonyl (C=O) groups is 2. The summed E-state index contributed by atoms with van der Waals surface area (Å²) in [6.45, 7) is -0.375. The lowest BCUT2D eigenvalue weighted by atomic mass is 10.7. The number of alkyl carbamates (subject to hydrolysis) is 1. The number of nitrogens with two attached hydrogens (primary N) is 1. The van der Waals surface area contributed by atoms with Gasteiger partial charge in [-0.15, -0.1) is 0 Å². The van der Waals surface area contributed by atoms with Gasteiger partial charge in [-0.05, 0) is 0 Å². The summed E-state index contributed by atoms with van der Waals surface area (Å²) < 4.78 is 4.23. The van der Waals surface area contributed by atoms with E-state index in [0.29, 0.717) is 0 Å². The van der Waals surface area contributed by atoms with Gasteiger partial charge in [-0.2, -0.15) is 0 Å². The minimum Gasteiger partial charge on any atom is -0.439 e. The van der Waals surface area contributed by atoms with Gasteiger partial charge in [-0.1, -0.05) is 0 Å². The van der Waals surface area contributed by atoms with Crippen LogP contribution in [-0.2, 0) is 9.53 Å². The average Bonchev–Trinajstić information content (AvgIpc) is 1.83. The molecule has 0 aliphatic heterocycles. The van der Waals surface area contributed by atoms with Crippen molar-refractivity contribution in [2.24, 2.45) is 5.73 Å². The predicted octanol–water partition coefficient (Wildman–Crippen LogP) is -1.17. The van der Waals surface area contributed by atoms with Crippen molar-refractivity contribution in [1.82, 2.24) is 5.32 Å². The lowest BCUT2D eigenvalue weighted by Crippen LogP contribution is -2.26. The molecule has 0 aliphatic rings. The molecule has 0 saturated heterocycles. The first kappa shape index (κ1) is 7.74. The summed E-state index contributed by atoms with van der Waals surface area (Å²) in [7, 11) is 1.39. The van der Waals surface area contributed by atoms with Gasteiger partial charge in [0.1, 0.15) is 0 Å². The van der Waals surface area contributed by atoms with Crippen LogP contribution in [0.15, 0.2) is 0 Å². The molecule has 0 aromatic carbocycles. The van der Waals surface area contributed by atoms with Crippen LogP contribution < -0.4 is 11.1 Å². The average molecular weight is 132 g/mol. The van der Waals surface area contributed by atoms with Crippen LogP contribution in [0.5, 0.6) is 0 Å². The molecular weight excluding hydrogens is 124 g/mol. The Kier molecular flexibility index (Phi) is 3.19. The third-order valence-corrected chi connectivity index (χ3v) is 0.550. The van der Waals surface area contributed by atoms with E-state index < -0.39 is 12.0 Å². The van der Waals surface area contributed by atoms with Gasteiger partial charge in [-0.25, -0.2) is 4.79 Å². The number of carbonyl (C=O) groups excluding carboxylic acids is 2. The van der Waals surface area contributed by atoms with E-state index in [0.717, 1.165) is 0 Å². The van der Waals surface area contributed by atoms with Crippen LogP contribution in [0, 0.1) is 0 Å². The Balaban J connectivity index is 3.28. The minimum absolute atomic E-state index is 0.375. The highest BCUT2D eigenvalue weighted by molar-refractivity contribution is 5.78. The van der Waals surface area contributed by atoms with E-state index in [1.54, 1.807) is 0 Å². The first-order valence-corrected chi connectivity index (χ1v) is 2.29. The van der Waals surface area contributed by atoms with E-state index in [4.69, 9.17) is 0 Å². The first-order valence-electron chi connectivity index (χ1n) is 2.29. The fourth-order valence-electron chi connectivity index (χ4n) is 0.209. The van der Waals surface area contributed by atoms with Gasteiger partial charge in [0, 0.05) is 7.05 Å². The summed E-state index contributed by atoms with van der Waals surface area (Å²) in [5, 5.41) is 2.15. The van der Waals surface area contributed by atoms with Crippen molar-refractivity contribution in [1.29, 1.82) is 0 Å². The second-order valence-corrected chi connectivity index (χ2v) is 1.29. The molecule has 52 valence electrons. The molecule has 3 N–H and O–H groups in total. The molecule has 0 atom stereocenters. The van der Waals surface area contributed by atoms with Gasteiger partial charge in [0.25, 0.3) is 5.91 Å². The molecule has 0 radical (unpaired) electrons. The Morgan fingerprint density at radius 1 is 1.67 bits per heavy atom. The largest absolute Gasteiger partial charge is 0.439 e. The minimum atomic E-state index is -0.668. The van der Waals surface area contributed by atoms with Crippen LogP contribution >= 0.6 is 0 Å². The molecule has 0 aliphatic carbocycles. The number of rotatable bonds is 2. The molecule has 0 fully saturated rings. The Bertz CT molecular complexity index is 123. The number of ether oxygens (including phenoxy) is 1. The van der Waals surface area contributed by atoms with Crippen molar-refractivity contribution < 1.29 is 14.3 Å². The lowest BCUT2D eigenvalue weighted by Gasteiger charge is -1.97. The van der Waals surface area contributed by atoms with Gasteiger partial charge in [0.05, 0.1) is 0 Å². The fourth-order valence-corrected chi connectivity index (χ4v) is 0.209. The molecule has 0 saturated carbocycles. The van der Waals surface area contributed by atoms with Crippen molar-refractivity contribution in [3.63, 3.8) is 0 Å². The summed E-state index contributed by atoms with van der Waals surface area (Å²) in [6.07, 6.45) is -0.659. The highest BCUT2D eigenvalue weighted by Gasteiger charge is 1.98. The van der Waals surface area contributed by atoms with Crippen molar-refractivity contribution in [3.05, 3.63) is 0 Å². The van der Waals surface area contributed by atoms with E-state index in [-0.39, 0.29) is 6.61 Å². The third kappa shape index (κ3) is 4.60. The summed E-state index contributed by atoms with van der Waals surface area (Å²) >= 11 is 0. The molecule has 0 bridgehead atoms. The van der Waals surface area contributed by atoms with Crippen LogP contribution in [0.3, 0.4) is 0 Å². The molecule has 2 amide bonds. The Labute approximate surface area is 52.2 Å². The maximum Gasteiger partial charge on any atom is 0.407 e. The molecule has 0 heterocycles. The normalized spacial score (nSPS) is 8.11. The number of amides is 2. The standard InChI is InChI=1S/C4H8N2O3/c1-6-4(8)9-2-3(5)7/h2H2,1H3,(H2,5,7)(H,6,8). The predicted molar refractivity (Wildman–Crippen MR) is 29.6 cm³/mol. The number of hydrogen-bond acceptors (Lipinski definition) is 3. The summed E-state index contributed by atoms with van der Waals surface area (Å²) in [5.41, 5.74) is 4.65. The first-order chi connectivity index (χ1) is 4.16. The van der Waals surface area contributed by atoms with Crippen LogP contribution in [0.25, 0.3) is 0 Å².